The molecule has 3 aromatic rings. The number of carbonyl (C=O) groups excluding carboxylic acids is 2. The number of halogens is 1. The number of anilines is 1. The van der Waals surface area contributed by atoms with Crippen LogP contribution in [0.3, 0.4) is 0 Å². The van der Waals surface area contributed by atoms with Crippen LogP contribution < -0.4 is 10.6 Å². The number of hydrogen-bond donors (Lipinski definition) is 2. The summed E-state index contributed by atoms with van der Waals surface area (Å²) in [6.07, 6.45) is 0. The molecule has 0 aliphatic heterocycles. The maximum Gasteiger partial charge on any atom is 0.257 e. The van der Waals surface area contributed by atoms with Crippen molar-refractivity contribution in [2.75, 3.05) is 11.1 Å². The lowest BCUT2D eigenvalue weighted by Gasteiger charge is -2.04. The van der Waals surface area contributed by atoms with Crippen molar-refractivity contribution in [3.8, 4) is 0 Å². The number of thioether (sulfide) groups is 1. The molecule has 9 heteroatoms. The number of aromatic nitrogens is 2. The molecule has 6 nitrogen and oxygen atoms in total. The second-order valence-electron chi connectivity index (χ2n) is 6.40. The van der Waals surface area contributed by atoms with Gasteiger partial charge in [-0.15, -0.1) is 10.2 Å². The molecule has 0 saturated heterocycles. The minimum Gasteiger partial charge on any atom is -0.351 e. The van der Waals surface area contributed by atoms with Crippen LogP contribution in [-0.2, 0) is 11.3 Å². The molecular formula is C20H19FN4O2S2. The van der Waals surface area contributed by atoms with Gasteiger partial charge in [-0.2, -0.15) is 0 Å². The molecule has 0 radical (unpaired) electrons. The number of nitrogens with one attached hydrogen (secondary N) is 2. The first-order valence-electron chi connectivity index (χ1n) is 8.76. The highest BCUT2D eigenvalue weighted by molar-refractivity contribution is 8.01. The molecule has 0 spiro atoms. The molecule has 0 unspecified atom stereocenters. The first kappa shape index (κ1) is 20.9. The Balaban J connectivity index is 1.47. The van der Waals surface area contributed by atoms with E-state index in [-0.39, 0.29) is 23.4 Å². The zero-order chi connectivity index (χ0) is 20.8. The Kier molecular flexibility index (Phi) is 6.95. The summed E-state index contributed by atoms with van der Waals surface area (Å²) in [6, 6.07) is 11.6. The summed E-state index contributed by atoms with van der Waals surface area (Å²) < 4.78 is 13.5. The normalized spacial score (nSPS) is 10.6. The summed E-state index contributed by atoms with van der Waals surface area (Å²) in [6.45, 7) is 4.20. The Hall–Kier alpha value is -2.78. The fourth-order valence-corrected chi connectivity index (χ4v) is 4.15. The maximum absolute atomic E-state index is 12.9. The molecule has 150 valence electrons. The summed E-state index contributed by atoms with van der Waals surface area (Å²) >= 11 is 2.45. The van der Waals surface area contributed by atoms with Gasteiger partial charge in [-0.1, -0.05) is 52.4 Å². The van der Waals surface area contributed by atoms with Gasteiger partial charge in [0, 0.05) is 12.1 Å². The minimum atomic E-state index is -0.313. The molecule has 2 amide bonds. The number of rotatable bonds is 7. The summed E-state index contributed by atoms with van der Waals surface area (Å²) in [7, 11) is 0. The van der Waals surface area contributed by atoms with E-state index in [4.69, 9.17) is 0 Å². The number of carbonyl (C=O) groups is 2. The standard InChI is InChI=1S/C20H19FN4O2S2/c1-12-7-13(2)9-15(8-12)18(27)23-19-24-25-20(29-19)28-11-17(26)22-10-14-3-5-16(21)6-4-14/h3-9H,10-11H2,1-2H3,(H,22,26)(H,23,24,27). The summed E-state index contributed by atoms with van der Waals surface area (Å²) in [5.41, 5.74) is 3.40. The van der Waals surface area contributed by atoms with E-state index in [1.54, 1.807) is 12.1 Å². The van der Waals surface area contributed by atoms with E-state index in [9.17, 15) is 14.0 Å². The van der Waals surface area contributed by atoms with Crippen LogP contribution in [0.25, 0.3) is 0 Å². The maximum atomic E-state index is 12.9. The van der Waals surface area contributed by atoms with Crippen LogP contribution in [0.4, 0.5) is 9.52 Å². The zero-order valence-electron chi connectivity index (χ0n) is 15.9. The summed E-state index contributed by atoms with van der Waals surface area (Å²) in [5, 5.41) is 13.8. The van der Waals surface area contributed by atoms with Gasteiger partial charge in [0.05, 0.1) is 5.75 Å². The second kappa shape index (κ2) is 9.62. The first-order chi connectivity index (χ1) is 13.9. The Morgan fingerprint density at radius 3 is 2.45 bits per heavy atom. The van der Waals surface area contributed by atoms with E-state index in [2.05, 4.69) is 20.8 Å². The Labute approximate surface area is 175 Å². The van der Waals surface area contributed by atoms with E-state index >= 15 is 0 Å². The van der Waals surface area contributed by atoms with E-state index in [1.807, 2.05) is 32.0 Å². The van der Waals surface area contributed by atoms with Crippen LogP contribution in [0.5, 0.6) is 0 Å². The molecule has 1 heterocycles. The molecule has 3 rings (SSSR count). The van der Waals surface area contributed by atoms with Crippen LogP contribution in [-0.4, -0.2) is 27.8 Å². The van der Waals surface area contributed by atoms with Crippen molar-refractivity contribution in [2.45, 2.75) is 24.7 Å². The van der Waals surface area contributed by atoms with Gasteiger partial charge in [-0.25, -0.2) is 4.39 Å². The highest BCUT2D eigenvalue weighted by Crippen LogP contribution is 2.25. The van der Waals surface area contributed by atoms with E-state index in [0.717, 1.165) is 16.7 Å². The minimum absolute atomic E-state index is 0.168. The molecule has 0 atom stereocenters. The number of nitrogens with zero attached hydrogens (tertiary/aromatic N) is 2. The molecule has 2 aromatic carbocycles. The van der Waals surface area contributed by atoms with E-state index < -0.39 is 0 Å². The van der Waals surface area contributed by atoms with Crippen molar-refractivity contribution >= 4 is 40.0 Å². The smallest absolute Gasteiger partial charge is 0.257 e. The van der Waals surface area contributed by atoms with Crippen LogP contribution in [0.15, 0.2) is 46.8 Å². The molecular weight excluding hydrogens is 411 g/mol. The molecule has 0 bridgehead atoms. The third-order valence-electron chi connectivity index (χ3n) is 3.84. The molecule has 1 aromatic heterocycles. The van der Waals surface area contributed by atoms with Crippen molar-refractivity contribution in [3.05, 3.63) is 70.5 Å². The molecule has 0 saturated carbocycles. The van der Waals surface area contributed by atoms with Crippen LogP contribution in [0, 0.1) is 19.7 Å². The van der Waals surface area contributed by atoms with Gasteiger partial charge in [0.1, 0.15) is 5.82 Å². The van der Waals surface area contributed by atoms with E-state index in [1.165, 1.54) is 35.2 Å². The highest BCUT2D eigenvalue weighted by atomic mass is 32.2. The van der Waals surface area contributed by atoms with E-state index in [0.29, 0.717) is 21.6 Å². The third kappa shape index (κ3) is 6.37. The number of benzene rings is 2. The molecule has 0 aliphatic rings. The molecule has 29 heavy (non-hydrogen) atoms. The zero-order valence-corrected chi connectivity index (χ0v) is 17.5. The average Bonchev–Trinajstić information content (AvgIpc) is 3.12. The van der Waals surface area contributed by atoms with Crippen LogP contribution >= 0.6 is 23.1 Å². The quantitative estimate of drug-likeness (QED) is 0.438. The van der Waals surface area contributed by atoms with Crippen LogP contribution in [0.2, 0.25) is 0 Å². The largest absolute Gasteiger partial charge is 0.351 e. The monoisotopic (exact) mass is 430 g/mol. The van der Waals surface area contributed by atoms with Gasteiger partial charge in [-0.3, -0.25) is 14.9 Å². The lowest BCUT2D eigenvalue weighted by molar-refractivity contribution is -0.118. The van der Waals surface area contributed by atoms with Gasteiger partial charge >= 0.3 is 0 Å². The molecule has 2 N–H and O–H groups in total. The van der Waals surface area contributed by atoms with Crippen molar-refractivity contribution in [2.24, 2.45) is 0 Å². The number of aryl methyl sites for hydroxylation is 2. The van der Waals surface area contributed by atoms with Gasteiger partial charge < -0.3 is 5.32 Å². The topological polar surface area (TPSA) is 84.0 Å². The lowest BCUT2D eigenvalue weighted by Crippen LogP contribution is -2.24. The fraction of sp³-hybridized carbons (Fsp3) is 0.200. The first-order valence-corrected chi connectivity index (χ1v) is 10.6. The summed E-state index contributed by atoms with van der Waals surface area (Å²) in [4.78, 5) is 24.3. The van der Waals surface area contributed by atoms with Gasteiger partial charge in [0.25, 0.3) is 5.91 Å². The Morgan fingerprint density at radius 1 is 1.07 bits per heavy atom. The highest BCUT2D eigenvalue weighted by Gasteiger charge is 2.12. The van der Waals surface area contributed by atoms with Crippen molar-refractivity contribution in [3.63, 3.8) is 0 Å². The Bertz CT molecular complexity index is 1000. The van der Waals surface area contributed by atoms with Crippen molar-refractivity contribution < 1.29 is 14.0 Å². The molecule has 0 aliphatic carbocycles. The average molecular weight is 431 g/mol. The second-order valence-corrected chi connectivity index (χ2v) is 8.60. The molecule has 0 fully saturated rings. The van der Waals surface area contributed by atoms with Gasteiger partial charge in [-0.05, 0) is 43.7 Å². The number of hydrogen-bond acceptors (Lipinski definition) is 6. The SMILES string of the molecule is Cc1cc(C)cc(C(=O)Nc2nnc(SCC(=O)NCc3ccc(F)cc3)s2)c1. The van der Waals surface area contributed by atoms with Crippen molar-refractivity contribution in [1.82, 2.24) is 15.5 Å². The number of amides is 2. The predicted octanol–water partition coefficient (Wildman–Crippen LogP) is 3.95. The van der Waals surface area contributed by atoms with Gasteiger partial charge in [0.15, 0.2) is 4.34 Å². The van der Waals surface area contributed by atoms with Gasteiger partial charge in [0.2, 0.25) is 11.0 Å². The van der Waals surface area contributed by atoms with Crippen molar-refractivity contribution in [1.29, 1.82) is 0 Å². The van der Waals surface area contributed by atoms with Crippen LogP contribution in [0.1, 0.15) is 27.0 Å². The lowest BCUT2D eigenvalue weighted by atomic mass is 10.1. The predicted molar refractivity (Wildman–Crippen MR) is 113 cm³/mol. The fourth-order valence-electron chi connectivity index (χ4n) is 2.57. The summed E-state index contributed by atoms with van der Waals surface area (Å²) in [5.74, 6) is -0.565. The third-order valence-corrected chi connectivity index (χ3v) is 5.81. The Morgan fingerprint density at radius 2 is 1.76 bits per heavy atom.